The Morgan fingerprint density at radius 3 is 2.70 bits per heavy atom. The summed E-state index contributed by atoms with van der Waals surface area (Å²) in [5.74, 6) is -0.374. The first kappa shape index (κ1) is 16.2. The standard InChI is InChI=1S/C15H13BrClFIN/c1-20-15(11-8-10(19)3-4-12(11)16)7-9-2-5-13(17)14(18)6-9/h2-6,8,15,20H,7H2,1H3. The van der Waals surface area contributed by atoms with Gasteiger partial charge in [0.05, 0.1) is 5.02 Å². The first-order chi connectivity index (χ1) is 9.51. The van der Waals surface area contributed by atoms with Crippen molar-refractivity contribution in [2.75, 3.05) is 7.05 Å². The van der Waals surface area contributed by atoms with E-state index in [4.69, 9.17) is 11.6 Å². The topological polar surface area (TPSA) is 12.0 Å². The molecule has 0 saturated carbocycles. The third kappa shape index (κ3) is 3.93. The van der Waals surface area contributed by atoms with E-state index in [0.29, 0.717) is 6.42 Å². The second-order valence-corrected chi connectivity index (χ2v) is 6.97. The monoisotopic (exact) mass is 467 g/mol. The molecule has 1 unspecified atom stereocenters. The van der Waals surface area contributed by atoms with Gasteiger partial charge in [-0.25, -0.2) is 4.39 Å². The van der Waals surface area contributed by atoms with Crippen molar-refractivity contribution in [2.45, 2.75) is 12.5 Å². The van der Waals surface area contributed by atoms with Gasteiger partial charge >= 0.3 is 0 Å². The molecule has 0 aliphatic carbocycles. The van der Waals surface area contributed by atoms with Gasteiger partial charge in [-0.05, 0) is 77.5 Å². The summed E-state index contributed by atoms with van der Waals surface area (Å²) in [5, 5.41) is 3.44. The lowest BCUT2D eigenvalue weighted by atomic mass is 9.99. The molecule has 0 fully saturated rings. The van der Waals surface area contributed by atoms with Crippen LogP contribution in [0, 0.1) is 9.39 Å². The summed E-state index contributed by atoms with van der Waals surface area (Å²) in [5.41, 5.74) is 2.08. The van der Waals surface area contributed by atoms with Crippen molar-refractivity contribution in [3.63, 3.8) is 0 Å². The van der Waals surface area contributed by atoms with Crippen molar-refractivity contribution in [3.8, 4) is 0 Å². The highest BCUT2D eigenvalue weighted by atomic mass is 127. The van der Waals surface area contributed by atoms with Crippen LogP contribution in [0.1, 0.15) is 17.2 Å². The number of halogens is 4. The van der Waals surface area contributed by atoms with Gasteiger partial charge < -0.3 is 5.32 Å². The van der Waals surface area contributed by atoms with Crippen LogP contribution in [0.5, 0.6) is 0 Å². The smallest absolute Gasteiger partial charge is 0.142 e. The molecule has 20 heavy (non-hydrogen) atoms. The number of benzene rings is 2. The van der Waals surface area contributed by atoms with Gasteiger partial charge in [0, 0.05) is 14.1 Å². The summed E-state index contributed by atoms with van der Waals surface area (Å²) in [4.78, 5) is 0. The van der Waals surface area contributed by atoms with Crippen LogP contribution >= 0.6 is 50.1 Å². The summed E-state index contributed by atoms with van der Waals surface area (Å²) in [6.07, 6.45) is 0.698. The Bertz CT molecular complexity index is 621. The van der Waals surface area contributed by atoms with Crippen LogP contribution in [0.2, 0.25) is 5.02 Å². The van der Waals surface area contributed by atoms with Gasteiger partial charge in [-0.15, -0.1) is 0 Å². The Morgan fingerprint density at radius 1 is 1.30 bits per heavy atom. The number of nitrogens with one attached hydrogen (secondary N) is 1. The Labute approximate surface area is 145 Å². The molecule has 0 amide bonds. The molecule has 2 rings (SSSR count). The predicted molar refractivity (Wildman–Crippen MR) is 93.8 cm³/mol. The van der Waals surface area contributed by atoms with Crippen LogP contribution in [0.15, 0.2) is 40.9 Å². The molecular weight excluding hydrogens is 455 g/mol. The van der Waals surface area contributed by atoms with Gasteiger partial charge in [-0.3, -0.25) is 0 Å². The highest BCUT2D eigenvalue weighted by molar-refractivity contribution is 14.1. The minimum Gasteiger partial charge on any atom is -0.313 e. The normalized spacial score (nSPS) is 12.4. The quantitative estimate of drug-likeness (QED) is 0.597. The van der Waals surface area contributed by atoms with Crippen LogP contribution in [-0.4, -0.2) is 7.05 Å². The summed E-state index contributed by atoms with van der Waals surface area (Å²) < 4.78 is 15.7. The van der Waals surface area contributed by atoms with E-state index in [1.807, 2.05) is 25.2 Å². The average molecular weight is 469 g/mol. The van der Waals surface area contributed by atoms with Gasteiger partial charge in [0.15, 0.2) is 0 Å². The molecular formula is C15H13BrClFIN. The maximum Gasteiger partial charge on any atom is 0.142 e. The van der Waals surface area contributed by atoms with E-state index in [1.165, 1.54) is 9.64 Å². The fraction of sp³-hybridized carbons (Fsp3) is 0.200. The molecule has 0 bridgehead atoms. The van der Waals surface area contributed by atoms with E-state index in [9.17, 15) is 4.39 Å². The molecule has 106 valence electrons. The zero-order valence-electron chi connectivity index (χ0n) is 10.8. The molecule has 0 spiro atoms. The van der Waals surface area contributed by atoms with Gasteiger partial charge in [0.25, 0.3) is 0 Å². The first-order valence-electron chi connectivity index (χ1n) is 6.07. The zero-order chi connectivity index (χ0) is 14.7. The summed E-state index contributed by atoms with van der Waals surface area (Å²) in [7, 11) is 1.91. The van der Waals surface area contributed by atoms with Crippen molar-refractivity contribution in [3.05, 3.63) is 66.4 Å². The lowest BCUT2D eigenvalue weighted by Gasteiger charge is -2.19. The highest BCUT2D eigenvalue weighted by Gasteiger charge is 2.14. The first-order valence-corrected chi connectivity index (χ1v) is 8.32. The fourth-order valence-corrected chi connectivity index (χ4v) is 3.21. The van der Waals surface area contributed by atoms with Crippen LogP contribution in [-0.2, 0) is 6.42 Å². The van der Waals surface area contributed by atoms with Gasteiger partial charge in [0.2, 0.25) is 0 Å². The second-order valence-electron chi connectivity index (χ2n) is 4.46. The maximum absolute atomic E-state index is 13.5. The molecule has 2 aromatic carbocycles. The summed E-state index contributed by atoms with van der Waals surface area (Å²) >= 11 is 11.6. The lowest BCUT2D eigenvalue weighted by Crippen LogP contribution is -2.19. The predicted octanol–water partition coefficient (Wildman–Crippen LogP) is 5.35. The van der Waals surface area contributed by atoms with E-state index < -0.39 is 0 Å². The molecule has 5 heteroatoms. The Morgan fingerprint density at radius 2 is 2.05 bits per heavy atom. The van der Waals surface area contributed by atoms with E-state index in [1.54, 1.807) is 6.07 Å². The fourth-order valence-electron chi connectivity index (χ4n) is 2.05. The summed E-state index contributed by atoms with van der Waals surface area (Å²) in [6, 6.07) is 11.3. The van der Waals surface area contributed by atoms with Crippen LogP contribution < -0.4 is 5.32 Å². The van der Waals surface area contributed by atoms with E-state index in [-0.39, 0.29) is 16.9 Å². The SMILES string of the molecule is CNC(Cc1ccc(Cl)c(F)c1)c1cc(I)ccc1Br. The van der Waals surface area contributed by atoms with Gasteiger partial charge in [0.1, 0.15) is 5.82 Å². The molecule has 0 heterocycles. The van der Waals surface area contributed by atoms with Crippen molar-refractivity contribution in [2.24, 2.45) is 0 Å². The largest absolute Gasteiger partial charge is 0.313 e. The van der Waals surface area contributed by atoms with Gasteiger partial charge in [-0.1, -0.05) is 33.6 Å². The molecule has 2 aromatic rings. The second kappa shape index (κ2) is 7.20. The minimum atomic E-state index is -0.374. The molecule has 0 aromatic heterocycles. The Balaban J connectivity index is 2.28. The Hall–Kier alpha value is -0.170. The third-order valence-corrected chi connectivity index (χ3v) is 4.81. The van der Waals surface area contributed by atoms with Crippen LogP contribution in [0.3, 0.4) is 0 Å². The molecule has 1 N–H and O–H groups in total. The summed E-state index contributed by atoms with van der Waals surface area (Å²) in [6.45, 7) is 0. The third-order valence-electron chi connectivity index (χ3n) is 3.11. The van der Waals surface area contributed by atoms with Crippen LogP contribution in [0.4, 0.5) is 4.39 Å². The van der Waals surface area contributed by atoms with Crippen molar-refractivity contribution in [1.29, 1.82) is 0 Å². The number of hydrogen-bond acceptors (Lipinski definition) is 1. The molecule has 0 aliphatic rings. The molecule has 0 saturated heterocycles. The minimum absolute atomic E-state index is 0.111. The van der Waals surface area contributed by atoms with E-state index in [2.05, 4.69) is 49.9 Å². The maximum atomic E-state index is 13.5. The van der Waals surface area contributed by atoms with Crippen molar-refractivity contribution < 1.29 is 4.39 Å². The zero-order valence-corrected chi connectivity index (χ0v) is 15.3. The highest BCUT2D eigenvalue weighted by Crippen LogP contribution is 2.28. The number of rotatable bonds is 4. The average Bonchev–Trinajstić information content (AvgIpc) is 2.43. The van der Waals surface area contributed by atoms with E-state index >= 15 is 0 Å². The van der Waals surface area contributed by atoms with Crippen molar-refractivity contribution >= 4 is 50.1 Å². The van der Waals surface area contributed by atoms with E-state index in [0.717, 1.165) is 15.6 Å². The number of hydrogen-bond donors (Lipinski definition) is 1. The van der Waals surface area contributed by atoms with Gasteiger partial charge in [-0.2, -0.15) is 0 Å². The number of likely N-dealkylation sites (N-methyl/N-ethyl adjacent to an activating group) is 1. The molecule has 1 atom stereocenters. The Kier molecular flexibility index (Phi) is 5.84. The molecule has 0 aliphatic heterocycles. The van der Waals surface area contributed by atoms with Crippen molar-refractivity contribution in [1.82, 2.24) is 5.32 Å². The molecule has 1 nitrogen and oxygen atoms in total. The lowest BCUT2D eigenvalue weighted by molar-refractivity contribution is 0.582. The van der Waals surface area contributed by atoms with Crippen LogP contribution in [0.25, 0.3) is 0 Å². The molecule has 0 radical (unpaired) electrons.